The van der Waals surface area contributed by atoms with E-state index in [0.29, 0.717) is 12.1 Å². The van der Waals surface area contributed by atoms with Gasteiger partial charge in [0, 0.05) is 5.56 Å². The highest BCUT2D eigenvalue weighted by molar-refractivity contribution is 6.30. The van der Waals surface area contributed by atoms with Gasteiger partial charge in [-0.25, -0.2) is 8.78 Å². The van der Waals surface area contributed by atoms with E-state index in [1.807, 2.05) is 0 Å². The highest BCUT2D eigenvalue weighted by Gasteiger charge is 2.43. The van der Waals surface area contributed by atoms with Crippen molar-refractivity contribution in [2.24, 2.45) is 5.73 Å². The molecule has 2 nitrogen and oxygen atoms in total. The van der Waals surface area contributed by atoms with Crippen molar-refractivity contribution >= 4 is 11.6 Å². The first kappa shape index (κ1) is 26.2. The maximum absolute atomic E-state index is 14.4. The van der Waals surface area contributed by atoms with Gasteiger partial charge in [-0.1, -0.05) is 18.5 Å². The van der Waals surface area contributed by atoms with Crippen LogP contribution in [-0.4, -0.2) is 19.3 Å². The van der Waals surface area contributed by atoms with Gasteiger partial charge < -0.3 is 10.5 Å². The summed E-state index contributed by atoms with van der Waals surface area (Å²) in [6.07, 6.45) is -11.1. The molecule has 0 bridgehead atoms. The lowest BCUT2D eigenvalue weighted by molar-refractivity contribution is -0.152. The van der Waals surface area contributed by atoms with Gasteiger partial charge in [-0.05, 0) is 60.6 Å². The smallest absolute Gasteiger partial charge is 0.416 e. The van der Waals surface area contributed by atoms with Gasteiger partial charge in [0.15, 0.2) is 0 Å². The van der Waals surface area contributed by atoms with E-state index in [0.717, 1.165) is 12.1 Å². The maximum Gasteiger partial charge on any atom is 0.416 e. The van der Waals surface area contributed by atoms with Crippen LogP contribution in [0.3, 0.4) is 0 Å². The zero-order valence-corrected chi connectivity index (χ0v) is 17.7. The van der Waals surface area contributed by atoms with Crippen molar-refractivity contribution in [3.05, 3.63) is 63.7 Å². The summed E-state index contributed by atoms with van der Waals surface area (Å²) in [4.78, 5) is 0. The van der Waals surface area contributed by atoms with Crippen molar-refractivity contribution in [2.75, 3.05) is 7.11 Å². The zero-order valence-electron chi connectivity index (χ0n) is 17.0. The van der Waals surface area contributed by atoms with E-state index in [2.05, 4.69) is 0 Å². The highest BCUT2D eigenvalue weighted by Crippen LogP contribution is 2.42. The summed E-state index contributed by atoms with van der Waals surface area (Å²) in [6.45, 7) is 1.34. The third kappa shape index (κ3) is 6.04. The van der Waals surface area contributed by atoms with E-state index in [4.69, 9.17) is 22.1 Å². The van der Waals surface area contributed by atoms with Crippen LogP contribution in [0.5, 0.6) is 5.75 Å². The van der Waals surface area contributed by atoms with Crippen molar-refractivity contribution in [3.63, 3.8) is 0 Å². The molecule has 0 radical (unpaired) electrons. The van der Waals surface area contributed by atoms with Crippen LogP contribution in [0.2, 0.25) is 5.02 Å². The standard InChI is InChI=1S/C21H20ClF8NO/c1-19(10-17(31)21(28,29)30,14-9-13(23)3-4-16(14)32-2)6-5-11-7-12(20(25,26)27)8-15(22)18(11)24/h3-4,7-9,17H,5-6,10,31H2,1-2H3. The van der Waals surface area contributed by atoms with Gasteiger partial charge in [-0.15, -0.1) is 0 Å². The van der Waals surface area contributed by atoms with Crippen molar-refractivity contribution in [2.45, 2.75) is 50.0 Å². The summed E-state index contributed by atoms with van der Waals surface area (Å²) in [7, 11) is 1.23. The third-order valence-corrected chi connectivity index (χ3v) is 5.55. The second-order valence-electron chi connectivity index (χ2n) is 7.69. The van der Waals surface area contributed by atoms with Crippen LogP contribution in [0.25, 0.3) is 0 Å². The first-order valence-corrected chi connectivity index (χ1v) is 9.67. The Morgan fingerprint density at radius 1 is 1.03 bits per heavy atom. The predicted molar refractivity (Wildman–Crippen MR) is 104 cm³/mol. The molecule has 2 rings (SSSR count). The van der Waals surface area contributed by atoms with Crippen LogP contribution in [0.1, 0.15) is 36.5 Å². The Hall–Kier alpha value is -2.07. The number of rotatable bonds is 7. The van der Waals surface area contributed by atoms with Crippen molar-refractivity contribution in [1.82, 2.24) is 0 Å². The number of ether oxygens (including phenoxy) is 1. The molecule has 2 unspecified atom stereocenters. The molecule has 0 heterocycles. The summed E-state index contributed by atoms with van der Waals surface area (Å²) in [5, 5.41) is -0.771. The first-order chi connectivity index (χ1) is 14.6. The van der Waals surface area contributed by atoms with Crippen LogP contribution in [0, 0.1) is 11.6 Å². The summed E-state index contributed by atoms with van der Waals surface area (Å²) in [6, 6.07) is 1.87. The summed E-state index contributed by atoms with van der Waals surface area (Å²) >= 11 is 5.59. The van der Waals surface area contributed by atoms with Gasteiger partial charge in [0.05, 0.1) is 17.7 Å². The lowest BCUT2D eigenvalue weighted by Gasteiger charge is -2.35. The third-order valence-electron chi connectivity index (χ3n) is 5.28. The van der Waals surface area contributed by atoms with E-state index in [1.165, 1.54) is 20.1 Å². The molecule has 0 saturated carbocycles. The Labute approximate surface area is 184 Å². The molecule has 2 aromatic rings. The Balaban J connectivity index is 2.52. The molecular formula is C21H20ClF8NO. The van der Waals surface area contributed by atoms with Gasteiger partial charge in [-0.2, -0.15) is 26.3 Å². The molecule has 32 heavy (non-hydrogen) atoms. The number of aryl methyl sites for hydroxylation is 1. The molecule has 0 spiro atoms. The molecule has 0 aliphatic rings. The second kappa shape index (κ2) is 9.43. The molecule has 2 N–H and O–H groups in total. The quantitative estimate of drug-likeness (QED) is 0.433. The molecular weight excluding hydrogens is 470 g/mol. The molecule has 0 aliphatic heterocycles. The first-order valence-electron chi connectivity index (χ1n) is 9.30. The van der Waals surface area contributed by atoms with Gasteiger partial charge in [0.1, 0.15) is 23.4 Å². The molecule has 11 heteroatoms. The van der Waals surface area contributed by atoms with Crippen LogP contribution < -0.4 is 10.5 Å². The fourth-order valence-corrected chi connectivity index (χ4v) is 3.74. The van der Waals surface area contributed by atoms with E-state index in [1.54, 1.807) is 0 Å². The van der Waals surface area contributed by atoms with E-state index in [-0.39, 0.29) is 17.7 Å². The molecule has 2 atom stereocenters. The van der Waals surface area contributed by atoms with E-state index in [9.17, 15) is 35.1 Å². The fraction of sp³-hybridized carbons (Fsp3) is 0.429. The van der Waals surface area contributed by atoms with Crippen molar-refractivity contribution in [3.8, 4) is 5.75 Å². The largest absolute Gasteiger partial charge is 0.496 e. The Morgan fingerprint density at radius 3 is 2.19 bits per heavy atom. The number of hydrogen-bond acceptors (Lipinski definition) is 2. The molecule has 2 aromatic carbocycles. The molecule has 0 aromatic heterocycles. The highest BCUT2D eigenvalue weighted by atomic mass is 35.5. The monoisotopic (exact) mass is 489 g/mol. The van der Waals surface area contributed by atoms with Gasteiger partial charge in [-0.3, -0.25) is 0 Å². The average molecular weight is 490 g/mol. The Bertz CT molecular complexity index is 960. The average Bonchev–Trinajstić information content (AvgIpc) is 2.67. The number of hydrogen-bond donors (Lipinski definition) is 1. The number of benzene rings is 2. The number of methoxy groups -OCH3 is 1. The summed E-state index contributed by atoms with van der Waals surface area (Å²) in [5.41, 5.74) is 2.16. The Kier molecular flexibility index (Phi) is 7.71. The lowest BCUT2D eigenvalue weighted by Crippen LogP contribution is -2.43. The molecule has 0 amide bonds. The van der Waals surface area contributed by atoms with Crippen LogP contribution in [0.15, 0.2) is 30.3 Å². The van der Waals surface area contributed by atoms with Gasteiger partial charge in [0.2, 0.25) is 0 Å². The van der Waals surface area contributed by atoms with Gasteiger partial charge in [0.25, 0.3) is 0 Å². The topological polar surface area (TPSA) is 35.2 Å². The minimum Gasteiger partial charge on any atom is -0.496 e. The van der Waals surface area contributed by atoms with Gasteiger partial charge >= 0.3 is 12.4 Å². The lowest BCUT2D eigenvalue weighted by atomic mass is 9.72. The fourth-order valence-electron chi connectivity index (χ4n) is 3.50. The number of alkyl halides is 6. The summed E-state index contributed by atoms with van der Waals surface area (Å²) in [5.74, 6) is -1.82. The molecule has 178 valence electrons. The van der Waals surface area contributed by atoms with E-state index >= 15 is 0 Å². The van der Waals surface area contributed by atoms with Crippen molar-refractivity contribution < 1.29 is 39.9 Å². The van der Waals surface area contributed by atoms with Crippen molar-refractivity contribution in [1.29, 1.82) is 0 Å². The maximum atomic E-state index is 14.4. The molecule has 0 fully saturated rings. The minimum absolute atomic E-state index is 0.0261. The van der Waals surface area contributed by atoms with Crippen LogP contribution in [0.4, 0.5) is 35.1 Å². The predicted octanol–water partition coefficient (Wildman–Crippen LogP) is 6.82. The second-order valence-corrected chi connectivity index (χ2v) is 8.09. The zero-order chi connectivity index (χ0) is 24.5. The van der Waals surface area contributed by atoms with Crippen LogP contribution >= 0.6 is 11.6 Å². The molecule has 0 saturated heterocycles. The minimum atomic E-state index is -4.81. The molecule has 0 aliphatic carbocycles. The number of halogens is 9. The Morgan fingerprint density at radius 2 is 1.66 bits per heavy atom. The normalized spacial score (nSPS) is 15.4. The number of nitrogens with two attached hydrogens (primary N) is 1. The van der Waals surface area contributed by atoms with Crippen LogP contribution in [-0.2, 0) is 18.0 Å². The SMILES string of the molecule is COc1ccc(F)cc1C(C)(CCc1cc(C(F)(F)F)cc(Cl)c1F)CC(N)C(F)(F)F. The van der Waals surface area contributed by atoms with E-state index < -0.39 is 64.4 Å². The summed E-state index contributed by atoms with van der Waals surface area (Å²) < 4.78 is 112.